The lowest BCUT2D eigenvalue weighted by atomic mass is 10.1. The van der Waals surface area contributed by atoms with Crippen LogP contribution in [0.5, 0.6) is 0 Å². The van der Waals surface area contributed by atoms with Crippen LogP contribution in [0.25, 0.3) is 0 Å². The predicted octanol–water partition coefficient (Wildman–Crippen LogP) is 1.82. The molecule has 0 fully saturated rings. The van der Waals surface area contributed by atoms with Gasteiger partial charge in [-0.25, -0.2) is 4.79 Å². The van der Waals surface area contributed by atoms with Gasteiger partial charge in [0.2, 0.25) is 0 Å². The van der Waals surface area contributed by atoms with Gasteiger partial charge in [0.15, 0.2) is 0 Å². The van der Waals surface area contributed by atoms with Crippen LogP contribution in [-0.4, -0.2) is 12.6 Å². The summed E-state index contributed by atoms with van der Waals surface area (Å²) in [4.78, 5) is 11.3. The highest BCUT2D eigenvalue weighted by atomic mass is 16.5. The Morgan fingerprint density at radius 1 is 1.38 bits per heavy atom. The third kappa shape index (κ3) is 2.04. The van der Waals surface area contributed by atoms with Gasteiger partial charge in [0.25, 0.3) is 0 Å². The first-order valence-electron chi connectivity index (χ1n) is 4.89. The Kier molecular flexibility index (Phi) is 2.88. The van der Waals surface area contributed by atoms with Gasteiger partial charge in [-0.1, -0.05) is 18.2 Å². The Hall–Kier alpha value is -2.28. The summed E-state index contributed by atoms with van der Waals surface area (Å²) in [6.07, 6.45) is 0.0774. The van der Waals surface area contributed by atoms with Crippen molar-refractivity contribution < 1.29 is 9.53 Å². The number of hydrogen-bond donors (Lipinski definition) is 1. The topological polar surface area (TPSA) is 62.1 Å². The number of nitriles is 1. The van der Waals surface area contributed by atoms with Gasteiger partial charge in [-0.15, -0.1) is 0 Å². The largest absolute Gasteiger partial charge is 0.456 e. The molecule has 0 saturated heterocycles. The molecule has 1 aliphatic heterocycles. The van der Waals surface area contributed by atoms with E-state index < -0.39 is 5.97 Å². The van der Waals surface area contributed by atoms with Crippen LogP contribution in [0.2, 0.25) is 0 Å². The molecule has 4 nitrogen and oxygen atoms in total. The van der Waals surface area contributed by atoms with Crippen LogP contribution in [0.1, 0.15) is 6.42 Å². The summed E-state index contributed by atoms with van der Waals surface area (Å²) in [6.45, 7) is 0.213. The zero-order valence-electron chi connectivity index (χ0n) is 8.56. The normalized spacial score (nSPS) is 14.6. The Balaban J connectivity index is 2.21. The number of ether oxygens (including phenoxy) is 1. The van der Waals surface area contributed by atoms with Gasteiger partial charge in [0.05, 0.1) is 23.8 Å². The summed E-state index contributed by atoms with van der Waals surface area (Å²) in [6, 6.07) is 11.4. The Morgan fingerprint density at radius 3 is 2.81 bits per heavy atom. The van der Waals surface area contributed by atoms with Crippen molar-refractivity contribution >= 4 is 11.7 Å². The molecule has 0 aliphatic carbocycles. The average molecular weight is 214 g/mol. The maximum atomic E-state index is 11.3. The van der Waals surface area contributed by atoms with E-state index in [1.165, 1.54) is 0 Å². The molecule has 0 unspecified atom stereocenters. The first-order chi connectivity index (χ1) is 7.81. The lowest BCUT2D eigenvalue weighted by Gasteiger charge is -2.05. The van der Waals surface area contributed by atoms with Crippen molar-refractivity contribution in [3.05, 3.63) is 41.6 Å². The van der Waals surface area contributed by atoms with Crippen LogP contribution in [-0.2, 0) is 9.53 Å². The molecule has 4 heteroatoms. The fraction of sp³-hybridized carbons (Fsp3) is 0.167. The van der Waals surface area contributed by atoms with Gasteiger partial charge in [-0.3, -0.25) is 0 Å². The second kappa shape index (κ2) is 4.49. The lowest BCUT2D eigenvalue weighted by molar-refractivity contribution is -0.136. The van der Waals surface area contributed by atoms with E-state index in [0.29, 0.717) is 11.3 Å². The third-order valence-electron chi connectivity index (χ3n) is 2.28. The van der Waals surface area contributed by atoms with E-state index in [-0.39, 0.29) is 13.0 Å². The lowest BCUT2D eigenvalue weighted by Crippen LogP contribution is -2.03. The number of nitrogens with zero attached hydrogens (tertiary/aromatic N) is 1. The second-order valence-electron chi connectivity index (χ2n) is 3.36. The van der Waals surface area contributed by atoms with Crippen LogP contribution in [0.15, 0.2) is 41.6 Å². The molecule has 1 aromatic carbocycles. The molecule has 1 N–H and O–H groups in total. The number of carbonyl (C=O) groups excluding carboxylic acids is 1. The zero-order chi connectivity index (χ0) is 11.4. The summed E-state index contributed by atoms with van der Waals surface area (Å²) >= 11 is 0. The monoisotopic (exact) mass is 214 g/mol. The Labute approximate surface area is 93.1 Å². The van der Waals surface area contributed by atoms with E-state index >= 15 is 0 Å². The molecule has 0 atom stereocenters. The van der Waals surface area contributed by atoms with Gasteiger partial charge in [-0.05, 0) is 12.1 Å². The van der Waals surface area contributed by atoms with Crippen molar-refractivity contribution in [1.82, 2.24) is 0 Å². The van der Waals surface area contributed by atoms with Crippen molar-refractivity contribution in [3.8, 4) is 6.07 Å². The van der Waals surface area contributed by atoms with Gasteiger partial charge in [-0.2, -0.15) is 5.26 Å². The van der Waals surface area contributed by atoms with Crippen molar-refractivity contribution in [1.29, 1.82) is 5.26 Å². The molecule has 0 saturated carbocycles. The van der Waals surface area contributed by atoms with E-state index in [1.807, 2.05) is 36.4 Å². The average Bonchev–Trinajstić information content (AvgIpc) is 2.64. The van der Waals surface area contributed by atoms with Crippen molar-refractivity contribution in [2.24, 2.45) is 0 Å². The van der Waals surface area contributed by atoms with Crippen LogP contribution in [0.3, 0.4) is 0 Å². The number of benzene rings is 1. The predicted molar refractivity (Wildman–Crippen MR) is 58.3 cm³/mol. The van der Waals surface area contributed by atoms with E-state index in [1.54, 1.807) is 0 Å². The number of anilines is 1. The number of nitrogens with one attached hydrogen (secondary N) is 1. The molecule has 80 valence electrons. The number of hydrogen-bond acceptors (Lipinski definition) is 4. The van der Waals surface area contributed by atoms with Crippen molar-refractivity contribution in [3.63, 3.8) is 0 Å². The fourth-order valence-corrected chi connectivity index (χ4v) is 1.50. The molecule has 0 spiro atoms. The molecule has 1 aliphatic rings. The van der Waals surface area contributed by atoms with E-state index in [0.717, 1.165) is 5.69 Å². The summed E-state index contributed by atoms with van der Waals surface area (Å²) in [7, 11) is 0. The van der Waals surface area contributed by atoms with Crippen LogP contribution in [0.4, 0.5) is 5.69 Å². The molecule has 1 aromatic rings. The molecule has 2 rings (SSSR count). The number of esters is 1. The highest BCUT2D eigenvalue weighted by Gasteiger charge is 2.24. The van der Waals surface area contributed by atoms with Gasteiger partial charge >= 0.3 is 5.97 Å². The summed E-state index contributed by atoms with van der Waals surface area (Å²) < 4.78 is 4.88. The smallest absolute Gasteiger partial charge is 0.337 e. The highest BCUT2D eigenvalue weighted by molar-refractivity contribution is 5.93. The number of rotatable bonds is 3. The molecule has 16 heavy (non-hydrogen) atoms. The second-order valence-corrected chi connectivity index (χ2v) is 3.36. The summed E-state index contributed by atoms with van der Waals surface area (Å²) in [5, 5.41) is 11.7. The first-order valence-corrected chi connectivity index (χ1v) is 4.89. The molecule has 0 bridgehead atoms. The number of cyclic esters (lactones) is 1. The highest BCUT2D eigenvalue weighted by Crippen LogP contribution is 2.20. The molecular formula is C12H10N2O2. The summed E-state index contributed by atoms with van der Waals surface area (Å²) in [5.74, 6) is -0.403. The Bertz CT molecular complexity index is 472. The van der Waals surface area contributed by atoms with Crippen molar-refractivity contribution in [2.75, 3.05) is 11.9 Å². The molecule has 0 radical (unpaired) electrons. The minimum absolute atomic E-state index is 0.0774. The molecular weight excluding hydrogens is 204 g/mol. The first kappa shape index (κ1) is 10.2. The maximum absolute atomic E-state index is 11.3. The third-order valence-corrected chi connectivity index (χ3v) is 2.28. The number of para-hydroxylation sites is 1. The van der Waals surface area contributed by atoms with E-state index in [9.17, 15) is 4.79 Å². The van der Waals surface area contributed by atoms with Crippen LogP contribution in [0, 0.1) is 11.3 Å². The Morgan fingerprint density at radius 2 is 2.12 bits per heavy atom. The minimum atomic E-state index is -0.403. The molecule has 1 heterocycles. The number of carbonyl (C=O) groups is 1. The van der Waals surface area contributed by atoms with Crippen LogP contribution < -0.4 is 5.32 Å². The molecule has 0 amide bonds. The maximum Gasteiger partial charge on any atom is 0.337 e. The van der Waals surface area contributed by atoms with Gasteiger partial charge in [0.1, 0.15) is 6.61 Å². The fourth-order valence-electron chi connectivity index (χ4n) is 1.50. The van der Waals surface area contributed by atoms with E-state index in [4.69, 9.17) is 10.00 Å². The standard InChI is InChI=1S/C12H10N2O2/c13-7-6-10-11(8-16-12(10)15)14-9-4-2-1-3-5-9/h1-5,14H,6,8H2. The summed E-state index contributed by atoms with van der Waals surface area (Å²) in [5.41, 5.74) is 1.98. The van der Waals surface area contributed by atoms with E-state index in [2.05, 4.69) is 5.32 Å². The van der Waals surface area contributed by atoms with Gasteiger partial charge in [0, 0.05) is 5.69 Å². The van der Waals surface area contributed by atoms with Crippen LogP contribution >= 0.6 is 0 Å². The molecule has 0 aromatic heterocycles. The zero-order valence-corrected chi connectivity index (χ0v) is 8.56. The SMILES string of the molecule is N#CCC1=C(Nc2ccccc2)COC1=O. The van der Waals surface area contributed by atoms with Gasteiger partial charge < -0.3 is 10.1 Å². The minimum Gasteiger partial charge on any atom is -0.456 e. The van der Waals surface area contributed by atoms with Crippen molar-refractivity contribution in [2.45, 2.75) is 6.42 Å². The quantitative estimate of drug-likeness (QED) is 0.779.